The van der Waals surface area contributed by atoms with Gasteiger partial charge in [0.2, 0.25) is 0 Å². The van der Waals surface area contributed by atoms with E-state index in [1.165, 1.54) is 38.0 Å². The Labute approximate surface area is 119 Å². The number of benzene rings is 1. The van der Waals surface area contributed by atoms with E-state index in [2.05, 4.69) is 45.5 Å². The van der Waals surface area contributed by atoms with Gasteiger partial charge in [-0.05, 0) is 31.5 Å². The van der Waals surface area contributed by atoms with E-state index >= 15 is 0 Å². The van der Waals surface area contributed by atoms with Crippen molar-refractivity contribution < 1.29 is 0 Å². The summed E-state index contributed by atoms with van der Waals surface area (Å²) in [4.78, 5) is 7.16. The van der Waals surface area contributed by atoms with E-state index < -0.39 is 0 Å². The summed E-state index contributed by atoms with van der Waals surface area (Å²) in [5.74, 6) is 1.15. The Morgan fingerprint density at radius 1 is 1.21 bits per heavy atom. The Morgan fingerprint density at radius 2 is 2.00 bits per heavy atom. The predicted octanol–water partition coefficient (Wildman–Crippen LogP) is 2.52. The van der Waals surface area contributed by atoms with Crippen LogP contribution in [0.4, 0.5) is 0 Å². The van der Waals surface area contributed by atoms with Crippen LogP contribution in [0, 0.1) is 0 Å². The van der Waals surface area contributed by atoms with Crippen LogP contribution in [0.5, 0.6) is 0 Å². The number of aliphatic imine (C=N–C) groups is 1. The number of hydrogen-bond acceptors (Lipinski definition) is 4. The third kappa shape index (κ3) is 3.51. The van der Waals surface area contributed by atoms with E-state index in [0.717, 1.165) is 17.5 Å². The quantitative estimate of drug-likeness (QED) is 0.915. The summed E-state index contributed by atoms with van der Waals surface area (Å²) in [6.45, 7) is 4.64. The molecule has 1 N–H and O–H groups in total. The molecular formula is C15H21N3S. The second kappa shape index (κ2) is 6.44. The van der Waals surface area contributed by atoms with E-state index in [4.69, 9.17) is 0 Å². The van der Waals surface area contributed by atoms with Crippen LogP contribution in [0.3, 0.4) is 0 Å². The fourth-order valence-corrected chi connectivity index (χ4v) is 3.59. The molecule has 3 rings (SSSR count). The average Bonchev–Trinajstić information content (AvgIpc) is 3.11. The average molecular weight is 275 g/mol. The van der Waals surface area contributed by atoms with Gasteiger partial charge in [-0.3, -0.25) is 4.99 Å². The molecule has 0 aliphatic carbocycles. The monoisotopic (exact) mass is 275 g/mol. The Kier molecular flexibility index (Phi) is 4.41. The fourth-order valence-electron chi connectivity index (χ4n) is 2.65. The third-order valence-corrected chi connectivity index (χ3v) is 4.67. The van der Waals surface area contributed by atoms with Crippen LogP contribution in [0.25, 0.3) is 0 Å². The maximum Gasteiger partial charge on any atom is 0.157 e. The van der Waals surface area contributed by atoms with Gasteiger partial charge < -0.3 is 10.2 Å². The lowest BCUT2D eigenvalue weighted by Crippen LogP contribution is -2.25. The molecule has 1 atom stereocenters. The highest BCUT2D eigenvalue weighted by Gasteiger charge is 2.19. The summed E-state index contributed by atoms with van der Waals surface area (Å²) in [7, 11) is 0. The van der Waals surface area contributed by atoms with Gasteiger partial charge in [-0.25, -0.2) is 0 Å². The molecule has 1 saturated heterocycles. The molecule has 0 aromatic heterocycles. The molecule has 1 aromatic carbocycles. The molecule has 0 radical (unpaired) electrons. The summed E-state index contributed by atoms with van der Waals surface area (Å²) in [5, 5.41) is 4.65. The van der Waals surface area contributed by atoms with Crippen LogP contribution >= 0.6 is 11.8 Å². The molecule has 1 aromatic rings. The number of hydrogen-bond donors (Lipinski definition) is 1. The van der Waals surface area contributed by atoms with Crippen molar-refractivity contribution in [3.8, 4) is 0 Å². The number of amidine groups is 1. The van der Waals surface area contributed by atoms with Gasteiger partial charge in [0.25, 0.3) is 0 Å². The Morgan fingerprint density at radius 3 is 2.79 bits per heavy atom. The van der Waals surface area contributed by atoms with E-state index in [1.54, 1.807) is 0 Å². The molecule has 0 bridgehead atoms. The Hall–Kier alpha value is -1.00. The molecular weight excluding hydrogens is 254 g/mol. The zero-order valence-electron chi connectivity index (χ0n) is 11.2. The first-order chi connectivity index (χ1) is 9.42. The second-order valence-corrected chi connectivity index (χ2v) is 6.23. The van der Waals surface area contributed by atoms with E-state index in [1.807, 2.05) is 11.8 Å². The van der Waals surface area contributed by atoms with Crippen molar-refractivity contribution in [1.82, 2.24) is 10.2 Å². The lowest BCUT2D eigenvalue weighted by Gasteiger charge is -2.14. The largest absolute Gasteiger partial charge is 0.356 e. The van der Waals surface area contributed by atoms with Gasteiger partial charge in [0.05, 0.1) is 12.6 Å². The topological polar surface area (TPSA) is 27.6 Å². The molecule has 1 fully saturated rings. The maximum atomic E-state index is 4.61. The molecule has 0 amide bonds. The van der Waals surface area contributed by atoms with Crippen LogP contribution < -0.4 is 5.32 Å². The lowest BCUT2D eigenvalue weighted by atomic mass is 10.1. The first kappa shape index (κ1) is 13.0. The van der Waals surface area contributed by atoms with Crippen molar-refractivity contribution in [3.63, 3.8) is 0 Å². The van der Waals surface area contributed by atoms with Gasteiger partial charge in [0, 0.05) is 12.3 Å². The van der Waals surface area contributed by atoms with Crippen LogP contribution in [0.2, 0.25) is 0 Å². The normalized spacial score (nSPS) is 23.4. The molecule has 19 heavy (non-hydrogen) atoms. The minimum Gasteiger partial charge on any atom is -0.356 e. The Bertz CT molecular complexity index is 426. The van der Waals surface area contributed by atoms with E-state index in [9.17, 15) is 0 Å². The summed E-state index contributed by atoms with van der Waals surface area (Å²) in [6, 6.07) is 11.0. The predicted molar refractivity (Wildman–Crippen MR) is 82.8 cm³/mol. The SMILES string of the molecule is c1ccc(C2CN=C(SCCN3CCCC3)N2)cc1. The summed E-state index contributed by atoms with van der Waals surface area (Å²) < 4.78 is 0. The van der Waals surface area contributed by atoms with Crippen LogP contribution in [0.15, 0.2) is 35.3 Å². The lowest BCUT2D eigenvalue weighted by molar-refractivity contribution is 0.362. The second-order valence-electron chi connectivity index (χ2n) is 5.15. The molecule has 2 heterocycles. The van der Waals surface area contributed by atoms with Crippen molar-refractivity contribution in [1.29, 1.82) is 0 Å². The molecule has 2 aliphatic rings. The first-order valence-corrected chi connectivity index (χ1v) is 8.11. The van der Waals surface area contributed by atoms with Crippen LogP contribution in [-0.4, -0.2) is 42.0 Å². The summed E-state index contributed by atoms with van der Waals surface area (Å²) in [5.41, 5.74) is 1.33. The minimum absolute atomic E-state index is 0.371. The highest BCUT2D eigenvalue weighted by atomic mass is 32.2. The molecule has 1 unspecified atom stereocenters. The zero-order chi connectivity index (χ0) is 12.9. The number of rotatable bonds is 4. The fraction of sp³-hybridized carbons (Fsp3) is 0.533. The van der Waals surface area contributed by atoms with Gasteiger partial charge in [0.15, 0.2) is 5.17 Å². The first-order valence-electron chi connectivity index (χ1n) is 7.13. The van der Waals surface area contributed by atoms with Gasteiger partial charge in [-0.2, -0.15) is 0 Å². The minimum atomic E-state index is 0.371. The maximum absolute atomic E-state index is 4.61. The molecule has 102 valence electrons. The standard InChI is InChI=1S/C15H21N3S/c1-2-6-13(7-3-1)14-12-16-15(17-14)19-11-10-18-8-4-5-9-18/h1-3,6-7,14H,4-5,8-12H2,(H,16,17). The van der Waals surface area contributed by atoms with Gasteiger partial charge in [-0.1, -0.05) is 42.1 Å². The highest BCUT2D eigenvalue weighted by Crippen LogP contribution is 2.20. The van der Waals surface area contributed by atoms with Crippen LogP contribution in [0.1, 0.15) is 24.4 Å². The van der Waals surface area contributed by atoms with E-state index in [0.29, 0.717) is 6.04 Å². The molecule has 3 nitrogen and oxygen atoms in total. The zero-order valence-corrected chi connectivity index (χ0v) is 12.0. The van der Waals surface area contributed by atoms with Crippen molar-refractivity contribution >= 4 is 16.9 Å². The highest BCUT2D eigenvalue weighted by molar-refractivity contribution is 8.13. The molecule has 2 aliphatic heterocycles. The number of thioether (sulfide) groups is 1. The smallest absolute Gasteiger partial charge is 0.157 e. The Balaban J connectivity index is 1.41. The van der Waals surface area contributed by atoms with Gasteiger partial charge in [0.1, 0.15) is 0 Å². The van der Waals surface area contributed by atoms with Crippen molar-refractivity contribution in [2.24, 2.45) is 4.99 Å². The molecule has 4 heteroatoms. The number of nitrogens with zero attached hydrogens (tertiary/aromatic N) is 2. The summed E-state index contributed by atoms with van der Waals surface area (Å²) >= 11 is 1.87. The van der Waals surface area contributed by atoms with Crippen LogP contribution in [-0.2, 0) is 0 Å². The van der Waals surface area contributed by atoms with E-state index in [-0.39, 0.29) is 0 Å². The molecule has 0 saturated carbocycles. The molecule has 0 spiro atoms. The number of likely N-dealkylation sites (tertiary alicyclic amines) is 1. The van der Waals surface area contributed by atoms with Gasteiger partial charge in [-0.15, -0.1) is 0 Å². The van der Waals surface area contributed by atoms with Crippen molar-refractivity contribution in [2.75, 3.05) is 31.9 Å². The van der Waals surface area contributed by atoms with Crippen molar-refractivity contribution in [2.45, 2.75) is 18.9 Å². The number of nitrogens with one attached hydrogen (secondary N) is 1. The van der Waals surface area contributed by atoms with Crippen molar-refractivity contribution in [3.05, 3.63) is 35.9 Å². The summed E-state index contributed by atoms with van der Waals surface area (Å²) in [6.07, 6.45) is 2.75. The third-order valence-electron chi connectivity index (χ3n) is 3.76. The van der Waals surface area contributed by atoms with Gasteiger partial charge >= 0.3 is 0 Å².